The molecule has 0 amide bonds. The van der Waals surface area contributed by atoms with Crippen molar-refractivity contribution in [2.24, 2.45) is 0 Å². The van der Waals surface area contributed by atoms with E-state index in [0.29, 0.717) is 30.2 Å². The Morgan fingerprint density at radius 1 is 1.29 bits per heavy atom. The fraction of sp³-hybridized carbons (Fsp3) is 0.500. The van der Waals surface area contributed by atoms with Crippen LogP contribution in [0.15, 0.2) is 35.4 Å². The van der Waals surface area contributed by atoms with Crippen LogP contribution in [0.5, 0.6) is 0 Å². The summed E-state index contributed by atoms with van der Waals surface area (Å²) in [6.07, 6.45) is 1.02. The second-order valence-electron chi connectivity index (χ2n) is 8.27. The highest BCUT2D eigenvalue weighted by molar-refractivity contribution is 5.80. The highest BCUT2D eigenvalue weighted by Gasteiger charge is 2.36. The number of nitrogens with zero attached hydrogens (tertiary/aromatic N) is 4. The Kier molecular flexibility index (Phi) is 5.88. The van der Waals surface area contributed by atoms with Crippen LogP contribution in [0.2, 0.25) is 0 Å². The molecule has 0 spiro atoms. The maximum atomic E-state index is 13.6. The largest absolute Gasteiger partial charge is 0.433 e. The molecule has 1 saturated heterocycles. The van der Waals surface area contributed by atoms with Gasteiger partial charge >= 0.3 is 6.18 Å². The van der Waals surface area contributed by atoms with Crippen molar-refractivity contribution in [1.82, 2.24) is 24.6 Å². The Hall–Kier alpha value is -2.68. The molecule has 1 aliphatic rings. The monoisotopic (exact) mass is 433 g/mol. The van der Waals surface area contributed by atoms with Crippen LogP contribution in [0.3, 0.4) is 0 Å². The number of rotatable bonds is 5. The van der Waals surface area contributed by atoms with Crippen LogP contribution >= 0.6 is 0 Å². The van der Waals surface area contributed by atoms with Crippen molar-refractivity contribution in [2.75, 3.05) is 13.1 Å². The van der Waals surface area contributed by atoms with Crippen LogP contribution in [0.4, 0.5) is 13.2 Å². The van der Waals surface area contributed by atoms with Crippen molar-refractivity contribution in [3.8, 4) is 0 Å². The molecule has 4 rings (SSSR count). The zero-order valence-corrected chi connectivity index (χ0v) is 17.6. The number of H-pyrrole nitrogens is 1. The first-order chi connectivity index (χ1) is 14.8. The molecule has 0 aromatic carbocycles. The number of aromatic amines is 1. The number of likely N-dealkylation sites (tertiary alicyclic amines) is 1. The van der Waals surface area contributed by atoms with E-state index in [9.17, 15) is 18.0 Å². The molecular weight excluding hydrogens is 407 g/mol. The standard InChI is InChI=1S/C22H26F3N5O/c1-3-14(2)30-20-19(21(31)28-30)17(11-18(27-20)22(23,24)25)16-6-9-29(10-7-16)13-15-5-4-8-26-12-15/h4-5,8,11-12,14,16H,3,6-7,9-10,13H2,1-2H3,(H,28,31)/t14-/m1/s1. The lowest BCUT2D eigenvalue weighted by molar-refractivity contribution is -0.141. The summed E-state index contributed by atoms with van der Waals surface area (Å²) in [5.41, 5.74) is 0.352. The maximum absolute atomic E-state index is 13.6. The summed E-state index contributed by atoms with van der Waals surface area (Å²) in [6, 6.07) is 4.83. The van der Waals surface area contributed by atoms with Crippen LogP contribution in [0, 0.1) is 0 Å². The molecule has 9 heteroatoms. The number of nitrogens with one attached hydrogen (secondary N) is 1. The van der Waals surface area contributed by atoms with Crippen LogP contribution < -0.4 is 5.56 Å². The van der Waals surface area contributed by atoms with E-state index in [1.54, 1.807) is 6.20 Å². The molecular formula is C22H26F3N5O. The Bertz CT molecular complexity index is 1100. The summed E-state index contributed by atoms with van der Waals surface area (Å²) in [7, 11) is 0. The average Bonchev–Trinajstić information content (AvgIpc) is 3.10. The predicted molar refractivity (Wildman–Crippen MR) is 112 cm³/mol. The first kappa shape index (κ1) is 21.5. The number of alkyl halides is 3. The molecule has 0 radical (unpaired) electrons. The molecule has 0 aliphatic carbocycles. The van der Waals surface area contributed by atoms with Gasteiger partial charge in [0.05, 0.1) is 5.39 Å². The second-order valence-corrected chi connectivity index (χ2v) is 8.27. The summed E-state index contributed by atoms with van der Waals surface area (Å²) >= 11 is 0. The summed E-state index contributed by atoms with van der Waals surface area (Å²) < 4.78 is 42.3. The minimum atomic E-state index is -4.57. The van der Waals surface area contributed by atoms with E-state index in [4.69, 9.17) is 0 Å². The van der Waals surface area contributed by atoms with E-state index in [-0.39, 0.29) is 23.2 Å². The van der Waals surface area contributed by atoms with E-state index < -0.39 is 11.9 Å². The van der Waals surface area contributed by atoms with E-state index >= 15 is 0 Å². The van der Waals surface area contributed by atoms with Gasteiger partial charge in [0.1, 0.15) is 5.69 Å². The van der Waals surface area contributed by atoms with Crippen molar-refractivity contribution in [3.05, 3.63) is 57.8 Å². The van der Waals surface area contributed by atoms with Gasteiger partial charge in [0.15, 0.2) is 5.65 Å². The fourth-order valence-corrected chi connectivity index (χ4v) is 4.30. The molecule has 1 N–H and O–H groups in total. The summed E-state index contributed by atoms with van der Waals surface area (Å²) in [6.45, 7) is 6.02. The van der Waals surface area contributed by atoms with E-state index in [0.717, 1.165) is 31.3 Å². The van der Waals surface area contributed by atoms with Crippen LogP contribution in [-0.2, 0) is 12.7 Å². The highest BCUT2D eigenvalue weighted by atomic mass is 19.4. The van der Waals surface area contributed by atoms with Gasteiger partial charge in [0, 0.05) is 25.0 Å². The number of hydrogen-bond donors (Lipinski definition) is 1. The van der Waals surface area contributed by atoms with Gasteiger partial charge in [-0.2, -0.15) is 13.2 Å². The Labute approximate surface area is 178 Å². The zero-order chi connectivity index (χ0) is 22.2. The average molecular weight is 433 g/mol. The minimum absolute atomic E-state index is 0.0990. The molecule has 1 atom stereocenters. The van der Waals surface area contributed by atoms with Crippen molar-refractivity contribution < 1.29 is 13.2 Å². The molecule has 0 unspecified atom stereocenters. The van der Waals surface area contributed by atoms with E-state index in [1.807, 2.05) is 32.2 Å². The molecule has 6 nitrogen and oxygen atoms in total. The topological polar surface area (TPSA) is 66.8 Å². The third-order valence-electron chi connectivity index (χ3n) is 6.19. The third-order valence-corrected chi connectivity index (χ3v) is 6.19. The first-order valence-corrected chi connectivity index (χ1v) is 10.6. The van der Waals surface area contributed by atoms with E-state index in [1.165, 1.54) is 4.68 Å². The SMILES string of the molecule is CC[C@@H](C)n1[nH]c(=O)c2c(C3CCN(Cc4cccnc4)CC3)cc(C(F)(F)F)nc21. The Morgan fingerprint density at radius 3 is 2.65 bits per heavy atom. The molecule has 4 heterocycles. The van der Waals surface area contributed by atoms with Gasteiger partial charge in [0.25, 0.3) is 5.56 Å². The van der Waals surface area contributed by atoms with E-state index in [2.05, 4.69) is 20.0 Å². The molecule has 3 aromatic rings. The summed E-state index contributed by atoms with van der Waals surface area (Å²) in [5.74, 6) is -0.120. The number of fused-ring (bicyclic) bond motifs is 1. The lowest BCUT2D eigenvalue weighted by Gasteiger charge is -2.32. The highest BCUT2D eigenvalue weighted by Crippen LogP contribution is 2.37. The summed E-state index contributed by atoms with van der Waals surface area (Å²) in [5, 5.41) is 3.01. The quantitative estimate of drug-likeness (QED) is 0.644. The number of aromatic nitrogens is 4. The maximum Gasteiger partial charge on any atom is 0.433 e. The Balaban J connectivity index is 1.67. The van der Waals surface area contributed by atoms with Gasteiger partial charge in [0.2, 0.25) is 0 Å². The molecule has 3 aromatic heterocycles. The lowest BCUT2D eigenvalue weighted by Crippen LogP contribution is -2.32. The number of hydrogen-bond acceptors (Lipinski definition) is 4. The molecule has 1 aliphatic heterocycles. The van der Waals surface area contributed by atoms with Gasteiger partial charge in [-0.3, -0.25) is 24.5 Å². The molecule has 1 fully saturated rings. The van der Waals surface area contributed by atoms with Gasteiger partial charge < -0.3 is 0 Å². The third kappa shape index (κ3) is 4.37. The van der Waals surface area contributed by atoms with Gasteiger partial charge in [-0.25, -0.2) is 4.98 Å². The smallest absolute Gasteiger partial charge is 0.299 e. The fourth-order valence-electron chi connectivity index (χ4n) is 4.30. The molecule has 0 bridgehead atoms. The van der Waals surface area contributed by atoms with Crippen molar-refractivity contribution in [1.29, 1.82) is 0 Å². The number of piperidine rings is 1. The van der Waals surface area contributed by atoms with Crippen LogP contribution in [0.1, 0.15) is 61.9 Å². The predicted octanol–water partition coefficient (Wildman–Crippen LogP) is 4.49. The van der Waals surface area contributed by atoms with Gasteiger partial charge in [-0.05, 0) is 68.5 Å². The zero-order valence-electron chi connectivity index (χ0n) is 17.6. The Morgan fingerprint density at radius 2 is 2.03 bits per heavy atom. The lowest BCUT2D eigenvalue weighted by atomic mass is 9.87. The van der Waals surface area contributed by atoms with Crippen molar-refractivity contribution >= 4 is 11.0 Å². The molecule has 166 valence electrons. The van der Waals surface area contributed by atoms with Crippen LogP contribution in [0.25, 0.3) is 11.0 Å². The molecule has 0 saturated carbocycles. The van der Waals surface area contributed by atoms with Crippen molar-refractivity contribution in [3.63, 3.8) is 0 Å². The van der Waals surface area contributed by atoms with Crippen molar-refractivity contribution in [2.45, 2.75) is 57.8 Å². The van der Waals surface area contributed by atoms with Crippen LogP contribution in [-0.4, -0.2) is 37.7 Å². The number of pyridine rings is 2. The summed E-state index contributed by atoms with van der Waals surface area (Å²) in [4.78, 5) is 23.0. The normalized spacial score (nSPS) is 17.3. The molecule has 31 heavy (non-hydrogen) atoms. The van der Waals surface area contributed by atoms with Gasteiger partial charge in [-0.1, -0.05) is 13.0 Å². The number of halogens is 3. The first-order valence-electron chi connectivity index (χ1n) is 10.6. The second kappa shape index (κ2) is 8.45. The van der Waals surface area contributed by atoms with Gasteiger partial charge in [-0.15, -0.1) is 0 Å². The minimum Gasteiger partial charge on any atom is -0.299 e.